The molecule has 0 unspecified atom stereocenters. The second-order valence-corrected chi connectivity index (χ2v) is 3.24. The van der Waals surface area contributed by atoms with Crippen LogP contribution in [0.5, 0.6) is 0 Å². The summed E-state index contributed by atoms with van der Waals surface area (Å²) in [4.78, 5) is 16.6. The van der Waals surface area contributed by atoms with E-state index in [9.17, 15) is 4.79 Å². The maximum atomic E-state index is 11.7. The van der Waals surface area contributed by atoms with Gasteiger partial charge in [-0.15, -0.1) is 0 Å². The van der Waals surface area contributed by atoms with Crippen molar-refractivity contribution in [2.45, 2.75) is 6.92 Å². The van der Waals surface area contributed by atoms with Crippen molar-refractivity contribution < 1.29 is 9.63 Å². The van der Waals surface area contributed by atoms with Gasteiger partial charge in [-0.3, -0.25) is 9.63 Å². The Morgan fingerprint density at radius 2 is 1.93 bits per heavy atom. The summed E-state index contributed by atoms with van der Waals surface area (Å²) in [5.41, 5.74) is 1.70. The molecule has 0 spiro atoms. The zero-order chi connectivity index (χ0) is 11.3. The van der Waals surface area contributed by atoms with Crippen molar-refractivity contribution >= 4 is 5.91 Å². The second kappa shape index (κ2) is 5.32. The highest BCUT2D eigenvalue weighted by atomic mass is 16.7. The lowest BCUT2D eigenvalue weighted by atomic mass is 10.1. The first-order valence-electron chi connectivity index (χ1n) is 4.70. The van der Waals surface area contributed by atoms with Gasteiger partial charge < -0.3 is 0 Å². The van der Waals surface area contributed by atoms with Gasteiger partial charge in [0.05, 0.1) is 7.11 Å². The summed E-state index contributed by atoms with van der Waals surface area (Å²) in [7, 11) is 3.05. The number of hydrogen-bond acceptors (Lipinski definition) is 2. The molecular formula is C12H15NO2. The molecule has 0 heterocycles. The number of carbonyl (C=O) groups is 1. The van der Waals surface area contributed by atoms with Crippen LogP contribution in [-0.4, -0.2) is 25.1 Å². The maximum Gasteiger partial charge on any atom is 0.277 e. The van der Waals surface area contributed by atoms with Gasteiger partial charge in [0.25, 0.3) is 5.91 Å². The van der Waals surface area contributed by atoms with Gasteiger partial charge in [0.15, 0.2) is 0 Å². The fourth-order valence-electron chi connectivity index (χ4n) is 1.11. The molecule has 0 aromatic carbocycles. The lowest BCUT2D eigenvalue weighted by Gasteiger charge is -2.14. The van der Waals surface area contributed by atoms with Crippen LogP contribution in [0.3, 0.4) is 0 Å². The first-order valence-corrected chi connectivity index (χ1v) is 4.70. The van der Waals surface area contributed by atoms with Crippen LogP contribution in [0, 0.1) is 0 Å². The van der Waals surface area contributed by atoms with E-state index in [-0.39, 0.29) is 5.91 Å². The van der Waals surface area contributed by atoms with Crippen LogP contribution in [0.4, 0.5) is 0 Å². The van der Waals surface area contributed by atoms with Crippen molar-refractivity contribution in [3.63, 3.8) is 0 Å². The van der Waals surface area contributed by atoms with Crippen LogP contribution in [0.25, 0.3) is 0 Å². The van der Waals surface area contributed by atoms with Crippen molar-refractivity contribution in [1.82, 2.24) is 5.06 Å². The molecule has 1 aliphatic carbocycles. The van der Waals surface area contributed by atoms with E-state index in [4.69, 9.17) is 4.84 Å². The molecule has 3 nitrogen and oxygen atoms in total. The van der Waals surface area contributed by atoms with Gasteiger partial charge >= 0.3 is 0 Å². The van der Waals surface area contributed by atoms with Gasteiger partial charge in [-0.05, 0) is 19.1 Å². The van der Waals surface area contributed by atoms with E-state index < -0.39 is 0 Å². The van der Waals surface area contributed by atoms with Crippen LogP contribution in [0.2, 0.25) is 0 Å². The van der Waals surface area contributed by atoms with Crippen molar-refractivity contribution in [3.05, 3.63) is 47.6 Å². The highest BCUT2D eigenvalue weighted by Crippen LogP contribution is 2.08. The zero-order valence-electron chi connectivity index (χ0n) is 9.23. The molecule has 1 aliphatic rings. The van der Waals surface area contributed by atoms with Crippen LogP contribution in [-0.2, 0) is 9.63 Å². The number of rotatable bonds is 2. The summed E-state index contributed by atoms with van der Waals surface area (Å²) in [5.74, 6) is -0.159. The first kappa shape index (κ1) is 11.5. The maximum absolute atomic E-state index is 11.7. The number of hydrogen-bond donors (Lipinski definition) is 0. The van der Waals surface area contributed by atoms with Crippen LogP contribution >= 0.6 is 0 Å². The molecule has 0 saturated heterocycles. The molecule has 0 atom stereocenters. The Hall–Kier alpha value is -1.61. The Balaban J connectivity index is 2.90. The van der Waals surface area contributed by atoms with E-state index >= 15 is 0 Å². The fraction of sp³-hybridized carbons (Fsp3) is 0.250. The van der Waals surface area contributed by atoms with Crippen molar-refractivity contribution in [3.8, 4) is 0 Å². The number of likely N-dealkylation sites (N-methyl/N-ethyl adjacent to an activating group) is 1. The summed E-state index contributed by atoms with van der Waals surface area (Å²) in [6.07, 6.45) is 11.2. The van der Waals surface area contributed by atoms with Gasteiger partial charge in [0, 0.05) is 12.6 Å². The third-order valence-corrected chi connectivity index (χ3v) is 2.08. The molecule has 0 aromatic rings. The Bertz CT molecular complexity index is 362. The Labute approximate surface area is 90.0 Å². The van der Waals surface area contributed by atoms with Crippen LogP contribution < -0.4 is 0 Å². The molecule has 1 amide bonds. The van der Waals surface area contributed by atoms with E-state index in [1.165, 1.54) is 12.2 Å². The van der Waals surface area contributed by atoms with Gasteiger partial charge in [0.1, 0.15) is 0 Å². The lowest BCUT2D eigenvalue weighted by Crippen LogP contribution is -2.26. The summed E-state index contributed by atoms with van der Waals surface area (Å²) in [6, 6.07) is 0. The monoisotopic (exact) mass is 205 g/mol. The normalized spacial score (nSPS) is 26.3. The average Bonchev–Trinajstić information content (AvgIpc) is 2.22. The Kier molecular flexibility index (Phi) is 4.06. The van der Waals surface area contributed by atoms with Gasteiger partial charge in [-0.2, -0.15) is 0 Å². The molecule has 0 saturated carbocycles. The standard InChI is InChI=1S/C12H15NO2/c1-10-6-4-5-7-11(9-8-10)12(14)13(2)15-3/h4-9H,1-3H3/b5-4?,6-4-,7-5-,9-8?,10-6?,10-8-,11-7?,11-9+. The fourth-order valence-corrected chi connectivity index (χ4v) is 1.11. The van der Waals surface area contributed by atoms with E-state index in [2.05, 4.69) is 0 Å². The molecular weight excluding hydrogens is 190 g/mol. The first-order chi connectivity index (χ1) is 7.15. The molecule has 1 rings (SSSR count). The third kappa shape index (κ3) is 3.22. The molecule has 3 heteroatoms. The third-order valence-electron chi connectivity index (χ3n) is 2.08. The second-order valence-electron chi connectivity index (χ2n) is 3.24. The average molecular weight is 205 g/mol. The topological polar surface area (TPSA) is 29.5 Å². The van der Waals surface area contributed by atoms with Gasteiger partial charge in [-0.25, -0.2) is 5.06 Å². The number of hydroxylamine groups is 2. The van der Waals surface area contributed by atoms with Crippen molar-refractivity contribution in [2.75, 3.05) is 14.2 Å². The largest absolute Gasteiger partial charge is 0.277 e. The number of carbonyl (C=O) groups excluding carboxylic acids is 1. The minimum absolute atomic E-state index is 0.159. The molecule has 0 bridgehead atoms. The molecule has 0 aliphatic heterocycles. The van der Waals surface area contributed by atoms with Gasteiger partial charge in [0.2, 0.25) is 0 Å². The Morgan fingerprint density at radius 1 is 1.27 bits per heavy atom. The SMILES string of the molecule is CON(C)C(=O)C1=C/C=C(C)\C=C/C=C\1. The van der Waals surface area contributed by atoms with Crippen molar-refractivity contribution in [1.29, 1.82) is 0 Å². The van der Waals surface area contributed by atoms with Gasteiger partial charge in [-0.1, -0.05) is 29.9 Å². The molecule has 15 heavy (non-hydrogen) atoms. The summed E-state index contributed by atoms with van der Waals surface area (Å²) in [5, 5.41) is 1.20. The van der Waals surface area contributed by atoms with Crippen molar-refractivity contribution in [2.24, 2.45) is 0 Å². The van der Waals surface area contributed by atoms with E-state index in [0.29, 0.717) is 5.57 Å². The predicted molar refractivity (Wildman–Crippen MR) is 59.9 cm³/mol. The highest BCUT2D eigenvalue weighted by molar-refractivity contribution is 5.95. The number of allylic oxidation sites excluding steroid dienone is 6. The molecule has 0 N–H and O–H groups in total. The summed E-state index contributed by atoms with van der Waals surface area (Å²) >= 11 is 0. The predicted octanol–water partition coefficient (Wildman–Crippen LogP) is 2.00. The van der Waals surface area contributed by atoms with Crippen LogP contribution in [0.1, 0.15) is 6.92 Å². The number of amides is 1. The molecule has 0 radical (unpaired) electrons. The summed E-state index contributed by atoms with van der Waals surface area (Å²) < 4.78 is 0. The van der Waals surface area contributed by atoms with E-state index in [0.717, 1.165) is 5.57 Å². The molecule has 80 valence electrons. The van der Waals surface area contributed by atoms with Crippen LogP contribution in [0.15, 0.2) is 47.6 Å². The highest BCUT2D eigenvalue weighted by Gasteiger charge is 2.11. The Morgan fingerprint density at radius 3 is 2.60 bits per heavy atom. The van der Waals surface area contributed by atoms with E-state index in [1.54, 1.807) is 19.2 Å². The molecule has 0 fully saturated rings. The lowest BCUT2D eigenvalue weighted by molar-refractivity contribution is -0.163. The number of nitrogens with zero attached hydrogens (tertiary/aromatic N) is 1. The minimum Gasteiger partial charge on any atom is -0.274 e. The molecule has 0 aromatic heterocycles. The minimum atomic E-state index is -0.159. The summed E-state index contributed by atoms with van der Waals surface area (Å²) in [6.45, 7) is 1.98. The van der Waals surface area contributed by atoms with E-state index in [1.807, 2.05) is 31.2 Å². The smallest absolute Gasteiger partial charge is 0.274 e. The zero-order valence-corrected chi connectivity index (χ0v) is 9.23. The quantitative estimate of drug-likeness (QED) is 0.645.